The summed E-state index contributed by atoms with van der Waals surface area (Å²) in [5.41, 5.74) is 1.10. The molecule has 0 spiro atoms. The van der Waals surface area contributed by atoms with Gasteiger partial charge in [-0.2, -0.15) is 5.10 Å². The fourth-order valence-electron chi connectivity index (χ4n) is 0.912. The van der Waals surface area contributed by atoms with Crippen LogP contribution in [0, 0.1) is 6.92 Å². The highest BCUT2D eigenvalue weighted by molar-refractivity contribution is 5.32. The van der Waals surface area contributed by atoms with Gasteiger partial charge in [0, 0.05) is 6.20 Å². The molecule has 2 aromatic heterocycles. The summed E-state index contributed by atoms with van der Waals surface area (Å²) in [6, 6.07) is 0. The Bertz CT molecular complexity index is 441. The Balaban J connectivity index is 2.99. The van der Waals surface area contributed by atoms with Crippen molar-refractivity contribution in [2.45, 2.75) is 6.92 Å². The normalized spacial score (nSPS) is 10.6. The zero-order valence-electron chi connectivity index (χ0n) is 5.90. The molecule has 0 amide bonds. The summed E-state index contributed by atoms with van der Waals surface area (Å²) >= 11 is 0. The molecule has 0 atom stereocenters. The third kappa shape index (κ3) is 0.813. The molecule has 0 saturated heterocycles. The molecule has 5 nitrogen and oxygen atoms in total. The molecule has 0 bridgehead atoms. The topological polar surface area (TPSA) is 63.0 Å². The van der Waals surface area contributed by atoms with E-state index in [1.54, 1.807) is 12.4 Å². The molecule has 0 aliphatic heterocycles. The van der Waals surface area contributed by atoms with E-state index in [1.165, 1.54) is 4.40 Å². The maximum Gasteiger partial charge on any atom is 0.347 e. The van der Waals surface area contributed by atoms with Crippen molar-refractivity contribution in [3.8, 4) is 0 Å². The zero-order valence-corrected chi connectivity index (χ0v) is 5.90. The van der Waals surface area contributed by atoms with E-state index >= 15 is 0 Å². The van der Waals surface area contributed by atoms with Gasteiger partial charge in [-0.05, 0) is 6.92 Å². The molecule has 5 heteroatoms. The molecule has 56 valence electrons. The van der Waals surface area contributed by atoms with Gasteiger partial charge in [-0.25, -0.2) is 14.3 Å². The van der Waals surface area contributed by atoms with Gasteiger partial charge in [0.1, 0.15) is 0 Å². The minimum Gasteiger partial charge on any atom is -0.256 e. The molecule has 0 radical (unpaired) electrons. The monoisotopic (exact) mass is 150 g/mol. The lowest BCUT2D eigenvalue weighted by molar-refractivity contribution is 1.00. The van der Waals surface area contributed by atoms with Crippen LogP contribution in [0.2, 0.25) is 0 Å². The lowest BCUT2D eigenvalue weighted by Gasteiger charge is -1.90. The molecular weight excluding hydrogens is 144 g/mol. The Hall–Kier alpha value is -1.65. The van der Waals surface area contributed by atoms with Crippen LogP contribution >= 0.6 is 0 Å². The summed E-state index contributed by atoms with van der Waals surface area (Å²) in [4.78, 5) is 14.9. The average molecular weight is 150 g/mol. The minimum absolute atomic E-state index is 0.231. The highest BCUT2D eigenvalue weighted by Gasteiger charge is 1.97. The summed E-state index contributed by atoms with van der Waals surface area (Å²) in [5.74, 6) is 0. The number of aryl methyl sites for hydroxylation is 1. The van der Waals surface area contributed by atoms with Crippen molar-refractivity contribution >= 4 is 5.65 Å². The van der Waals surface area contributed by atoms with Crippen LogP contribution in [0.25, 0.3) is 5.65 Å². The van der Waals surface area contributed by atoms with Crippen molar-refractivity contribution in [1.82, 2.24) is 19.6 Å². The number of hydrogen-bond acceptors (Lipinski definition) is 3. The number of aromatic nitrogens is 4. The number of rotatable bonds is 0. The van der Waals surface area contributed by atoms with E-state index in [-0.39, 0.29) is 5.69 Å². The van der Waals surface area contributed by atoms with Gasteiger partial charge in [-0.1, -0.05) is 0 Å². The standard InChI is InChI=1S/C6H6N4O/c1-4-3-10-5(2-7-4)8-9-6(10)11/h2-3H,1H3,(H,9,11). The molecule has 0 aliphatic rings. The summed E-state index contributed by atoms with van der Waals surface area (Å²) in [5, 5.41) is 6.04. The number of aromatic amines is 1. The molecule has 0 aromatic carbocycles. The van der Waals surface area contributed by atoms with Gasteiger partial charge in [0.05, 0.1) is 11.9 Å². The summed E-state index contributed by atoms with van der Waals surface area (Å²) in [7, 11) is 0. The molecular formula is C6H6N4O. The quantitative estimate of drug-likeness (QED) is 0.562. The first kappa shape index (κ1) is 6.09. The second-order valence-corrected chi connectivity index (χ2v) is 2.29. The first-order valence-electron chi connectivity index (χ1n) is 3.17. The second kappa shape index (κ2) is 1.91. The Morgan fingerprint density at radius 2 is 2.45 bits per heavy atom. The summed E-state index contributed by atoms with van der Waals surface area (Å²) in [6.45, 7) is 1.82. The van der Waals surface area contributed by atoms with E-state index in [4.69, 9.17) is 0 Å². The van der Waals surface area contributed by atoms with Crippen molar-refractivity contribution in [2.75, 3.05) is 0 Å². The van der Waals surface area contributed by atoms with Gasteiger partial charge >= 0.3 is 5.69 Å². The van der Waals surface area contributed by atoms with E-state index < -0.39 is 0 Å². The Morgan fingerprint density at radius 1 is 1.64 bits per heavy atom. The van der Waals surface area contributed by atoms with Crippen molar-refractivity contribution in [3.05, 3.63) is 28.6 Å². The van der Waals surface area contributed by atoms with E-state index in [2.05, 4.69) is 15.2 Å². The number of H-pyrrole nitrogens is 1. The summed E-state index contributed by atoms with van der Waals surface area (Å²) in [6.07, 6.45) is 3.19. The van der Waals surface area contributed by atoms with Crippen LogP contribution in [0.1, 0.15) is 5.69 Å². The van der Waals surface area contributed by atoms with Gasteiger partial charge in [0.15, 0.2) is 5.65 Å². The highest BCUT2D eigenvalue weighted by atomic mass is 16.1. The third-order valence-corrected chi connectivity index (χ3v) is 1.43. The average Bonchev–Trinajstić information content (AvgIpc) is 2.33. The van der Waals surface area contributed by atoms with Crippen molar-refractivity contribution in [2.24, 2.45) is 0 Å². The number of nitrogens with zero attached hydrogens (tertiary/aromatic N) is 3. The second-order valence-electron chi connectivity index (χ2n) is 2.29. The Morgan fingerprint density at radius 3 is 3.27 bits per heavy atom. The SMILES string of the molecule is Cc1cn2c(=O)[nH]nc2cn1. The predicted molar refractivity (Wildman–Crippen MR) is 38.3 cm³/mol. The molecule has 0 unspecified atom stereocenters. The highest BCUT2D eigenvalue weighted by Crippen LogP contribution is 1.93. The van der Waals surface area contributed by atoms with E-state index in [0.717, 1.165) is 5.69 Å². The molecule has 1 N–H and O–H groups in total. The van der Waals surface area contributed by atoms with E-state index in [1.807, 2.05) is 6.92 Å². The van der Waals surface area contributed by atoms with Gasteiger partial charge in [0.2, 0.25) is 0 Å². The van der Waals surface area contributed by atoms with Crippen LogP contribution in [0.3, 0.4) is 0 Å². The summed E-state index contributed by atoms with van der Waals surface area (Å²) < 4.78 is 1.42. The fourth-order valence-corrected chi connectivity index (χ4v) is 0.912. The van der Waals surface area contributed by atoms with Gasteiger partial charge < -0.3 is 0 Å². The van der Waals surface area contributed by atoms with Crippen LogP contribution in [-0.2, 0) is 0 Å². The largest absolute Gasteiger partial charge is 0.347 e. The smallest absolute Gasteiger partial charge is 0.256 e. The molecule has 11 heavy (non-hydrogen) atoms. The Labute approximate surface area is 61.7 Å². The van der Waals surface area contributed by atoms with Crippen LogP contribution in [0.4, 0.5) is 0 Å². The Kier molecular flexibility index (Phi) is 1.06. The number of nitrogens with one attached hydrogen (secondary N) is 1. The fraction of sp³-hybridized carbons (Fsp3) is 0.167. The maximum absolute atomic E-state index is 10.9. The molecule has 0 aliphatic carbocycles. The zero-order chi connectivity index (χ0) is 7.84. The molecule has 2 aromatic rings. The van der Waals surface area contributed by atoms with Gasteiger partial charge in [0.25, 0.3) is 0 Å². The molecule has 0 fully saturated rings. The number of hydrogen-bond donors (Lipinski definition) is 1. The predicted octanol–water partition coefficient (Wildman–Crippen LogP) is -0.274. The first-order valence-corrected chi connectivity index (χ1v) is 3.17. The first-order chi connectivity index (χ1) is 5.27. The van der Waals surface area contributed by atoms with E-state index in [0.29, 0.717) is 5.65 Å². The number of fused-ring (bicyclic) bond motifs is 1. The maximum atomic E-state index is 10.9. The van der Waals surface area contributed by atoms with Gasteiger partial charge in [-0.3, -0.25) is 4.98 Å². The molecule has 0 saturated carbocycles. The molecule has 2 heterocycles. The van der Waals surface area contributed by atoms with Crippen molar-refractivity contribution in [3.63, 3.8) is 0 Å². The lowest BCUT2D eigenvalue weighted by atomic mass is 10.5. The van der Waals surface area contributed by atoms with E-state index in [9.17, 15) is 4.79 Å². The van der Waals surface area contributed by atoms with Crippen LogP contribution in [0.5, 0.6) is 0 Å². The van der Waals surface area contributed by atoms with Crippen LogP contribution < -0.4 is 5.69 Å². The van der Waals surface area contributed by atoms with Crippen molar-refractivity contribution in [1.29, 1.82) is 0 Å². The van der Waals surface area contributed by atoms with Crippen LogP contribution in [0.15, 0.2) is 17.2 Å². The lowest BCUT2D eigenvalue weighted by Crippen LogP contribution is -2.09. The third-order valence-electron chi connectivity index (χ3n) is 1.43. The van der Waals surface area contributed by atoms with Crippen LogP contribution in [-0.4, -0.2) is 19.6 Å². The minimum atomic E-state index is -0.231. The van der Waals surface area contributed by atoms with Gasteiger partial charge in [-0.15, -0.1) is 0 Å². The van der Waals surface area contributed by atoms with Crippen molar-refractivity contribution < 1.29 is 0 Å². The molecule has 2 rings (SSSR count).